The lowest BCUT2D eigenvalue weighted by Crippen LogP contribution is -2.61. The Morgan fingerprint density at radius 2 is 1.78 bits per heavy atom. The summed E-state index contributed by atoms with van der Waals surface area (Å²) >= 11 is 0. The van der Waals surface area contributed by atoms with Gasteiger partial charge in [-0.25, -0.2) is 0 Å². The molecule has 0 aromatic heterocycles. The van der Waals surface area contributed by atoms with Crippen molar-refractivity contribution in [2.75, 3.05) is 0 Å². The van der Waals surface area contributed by atoms with Gasteiger partial charge in [0.05, 0.1) is 0 Å². The zero-order valence-electron chi connectivity index (χ0n) is 12.7. The molecule has 0 aromatic carbocycles. The van der Waals surface area contributed by atoms with E-state index in [0.29, 0.717) is 12.0 Å². The van der Waals surface area contributed by atoms with Crippen molar-refractivity contribution in [3.63, 3.8) is 0 Å². The molecular formula is C14H32N4. The van der Waals surface area contributed by atoms with Crippen LogP contribution in [-0.2, 0) is 0 Å². The smallest absolute Gasteiger partial charge is 0.0441 e. The molecule has 0 radical (unpaired) electrons. The fourth-order valence-electron chi connectivity index (χ4n) is 3.02. The van der Waals surface area contributed by atoms with Gasteiger partial charge in [-0.2, -0.15) is 0 Å². The Bertz CT molecular complexity index is 295. The number of hydrazine groups is 1. The molecule has 5 N–H and O–H groups in total. The van der Waals surface area contributed by atoms with Crippen molar-refractivity contribution in [2.24, 2.45) is 11.8 Å². The summed E-state index contributed by atoms with van der Waals surface area (Å²) in [6.45, 7) is 13.3. The third-order valence-electron chi connectivity index (χ3n) is 3.45. The molecule has 0 saturated carbocycles. The maximum atomic E-state index is 5.53. The molecule has 0 bridgehead atoms. The zero-order chi connectivity index (χ0) is 14.0. The van der Waals surface area contributed by atoms with Crippen molar-refractivity contribution >= 4 is 0 Å². The van der Waals surface area contributed by atoms with E-state index in [-0.39, 0.29) is 12.5 Å². The monoisotopic (exact) mass is 256 g/mol. The molecule has 0 aliphatic carbocycles. The first-order valence-corrected chi connectivity index (χ1v) is 6.87. The number of piperidine rings is 1. The summed E-state index contributed by atoms with van der Waals surface area (Å²) in [5, 5.41) is 7.21. The molecule has 1 heterocycles. The maximum Gasteiger partial charge on any atom is 0.0441 e. The summed E-state index contributed by atoms with van der Waals surface area (Å²) in [6.07, 6.45) is 4.26. The minimum atomic E-state index is 0. The van der Waals surface area contributed by atoms with Gasteiger partial charge in [0.25, 0.3) is 0 Å². The largest absolute Gasteiger partial charge is 0.387 e. The van der Waals surface area contributed by atoms with Crippen molar-refractivity contribution in [1.82, 2.24) is 16.1 Å². The van der Waals surface area contributed by atoms with Gasteiger partial charge in [-0.05, 0) is 46.5 Å². The predicted octanol–water partition coefficient (Wildman–Crippen LogP) is 2.09. The lowest BCUT2D eigenvalue weighted by atomic mass is 9.80. The summed E-state index contributed by atoms with van der Waals surface area (Å²) in [7, 11) is 0. The molecule has 1 aliphatic rings. The highest BCUT2D eigenvalue weighted by Gasteiger charge is 2.37. The van der Waals surface area contributed by atoms with Crippen LogP contribution in [0.25, 0.3) is 0 Å². The van der Waals surface area contributed by atoms with Crippen molar-refractivity contribution in [2.45, 2.75) is 71.5 Å². The molecule has 1 saturated heterocycles. The Morgan fingerprint density at radius 1 is 1.28 bits per heavy atom. The van der Waals surface area contributed by atoms with Crippen LogP contribution < -0.4 is 21.9 Å². The van der Waals surface area contributed by atoms with Gasteiger partial charge in [0, 0.05) is 30.4 Å². The molecule has 0 spiro atoms. The molecule has 1 fully saturated rings. The highest BCUT2D eigenvalue weighted by molar-refractivity contribution is 5.05. The van der Waals surface area contributed by atoms with E-state index in [0.717, 1.165) is 18.5 Å². The molecule has 0 atom stereocenters. The third-order valence-corrected chi connectivity index (χ3v) is 3.45. The van der Waals surface area contributed by atoms with E-state index in [1.165, 1.54) is 0 Å². The molecule has 108 valence electrons. The number of nitrogens with two attached hydrogens (primary N) is 1. The molecule has 1 aliphatic heterocycles. The van der Waals surface area contributed by atoms with Crippen molar-refractivity contribution in [3.8, 4) is 0 Å². The SMILES string of the molecule is CC(C)/C(=C/NC1CC(C)(C)NC(C)(C)C1)NN.[HH]. The number of rotatable bonds is 4. The lowest BCUT2D eigenvalue weighted by Gasteiger charge is -2.46. The molecule has 0 aromatic rings. The third kappa shape index (κ3) is 4.50. The van der Waals surface area contributed by atoms with E-state index in [4.69, 9.17) is 5.84 Å². The highest BCUT2D eigenvalue weighted by Crippen LogP contribution is 2.28. The van der Waals surface area contributed by atoms with Gasteiger partial charge in [-0.3, -0.25) is 5.84 Å². The second-order valence-electron chi connectivity index (χ2n) is 7.06. The average molecular weight is 256 g/mol. The van der Waals surface area contributed by atoms with E-state index in [9.17, 15) is 0 Å². The predicted molar refractivity (Wildman–Crippen MR) is 79.8 cm³/mol. The van der Waals surface area contributed by atoms with Crippen molar-refractivity contribution < 1.29 is 1.43 Å². The highest BCUT2D eigenvalue weighted by atomic mass is 15.2. The van der Waals surface area contributed by atoms with E-state index in [1.54, 1.807) is 0 Å². The van der Waals surface area contributed by atoms with E-state index in [2.05, 4.69) is 57.6 Å². The van der Waals surface area contributed by atoms with E-state index in [1.807, 2.05) is 6.20 Å². The van der Waals surface area contributed by atoms with E-state index >= 15 is 0 Å². The first-order valence-electron chi connectivity index (χ1n) is 6.87. The van der Waals surface area contributed by atoms with Crippen LogP contribution in [-0.4, -0.2) is 17.1 Å². The van der Waals surface area contributed by atoms with Gasteiger partial charge in [0.2, 0.25) is 0 Å². The first kappa shape index (κ1) is 15.3. The molecule has 18 heavy (non-hydrogen) atoms. The van der Waals surface area contributed by atoms with Crippen LogP contribution in [0, 0.1) is 5.92 Å². The Morgan fingerprint density at radius 3 is 2.17 bits per heavy atom. The van der Waals surface area contributed by atoms with Gasteiger partial charge >= 0.3 is 0 Å². The fraction of sp³-hybridized carbons (Fsp3) is 0.857. The van der Waals surface area contributed by atoms with Gasteiger partial charge in [-0.1, -0.05) is 13.8 Å². The second kappa shape index (κ2) is 5.49. The first-order chi connectivity index (χ1) is 8.15. The molecule has 4 nitrogen and oxygen atoms in total. The number of allylic oxidation sites excluding steroid dienone is 1. The maximum absolute atomic E-state index is 5.53. The van der Waals surface area contributed by atoms with Crippen molar-refractivity contribution in [1.29, 1.82) is 0 Å². The number of hydrogen-bond acceptors (Lipinski definition) is 4. The van der Waals surface area contributed by atoms with Crippen LogP contribution in [0.2, 0.25) is 0 Å². The number of hydrogen-bond donors (Lipinski definition) is 4. The minimum absolute atomic E-state index is 0. The summed E-state index contributed by atoms with van der Waals surface area (Å²) in [5.41, 5.74) is 4.15. The van der Waals surface area contributed by atoms with Gasteiger partial charge in [0.1, 0.15) is 0 Å². The van der Waals surface area contributed by atoms with Gasteiger partial charge in [-0.15, -0.1) is 0 Å². The van der Waals surface area contributed by atoms with Crippen molar-refractivity contribution in [3.05, 3.63) is 11.9 Å². The van der Waals surface area contributed by atoms with Gasteiger partial charge in [0.15, 0.2) is 0 Å². The normalized spacial score (nSPS) is 24.1. The summed E-state index contributed by atoms with van der Waals surface area (Å²) in [6, 6.07) is 0.485. The summed E-state index contributed by atoms with van der Waals surface area (Å²) in [4.78, 5) is 0. The van der Waals surface area contributed by atoms with Crippen LogP contribution in [0.4, 0.5) is 0 Å². The van der Waals surface area contributed by atoms with Gasteiger partial charge < -0.3 is 16.1 Å². The number of nitrogens with one attached hydrogen (secondary N) is 3. The molecule has 0 unspecified atom stereocenters. The Labute approximate surface area is 113 Å². The minimum Gasteiger partial charge on any atom is -0.387 e. The summed E-state index contributed by atoms with van der Waals surface area (Å²) in [5.74, 6) is 5.93. The lowest BCUT2D eigenvalue weighted by molar-refractivity contribution is 0.152. The molecule has 0 amide bonds. The molecular weight excluding hydrogens is 224 g/mol. The average Bonchev–Trinajstić information content (AvgIpc) is 2.12. The second-order valence-corrected chi connectivity index (χ2v) is 7.06. The van der Waals surface area contributed by atoms with Crippen LogP contribution in [0.3, 0.4) is 0 Å². The van der Waals surface area contributed by atoms with Crippen LogP contribution in [0.15, 0.2) is 11.9 Å². The molecule has 1 rings (SSSR count). The topological polar surface area (TPSA) is 62.1 Å². The fourth-order valence-corrected chi connectivity index (χ4v) is 3.02. The Hall–Kier alpha value is -0.740. The molecule has 4 heteroatoms. The standard InChI is InChI=1S/C14H30N4.H2/c1-10(2)12(17-15)9-16-11-7-13(3,4)18-14(5,6)8-11;/h9-11,16-18H,7-8,15H2,1-6H3;1H/b12-9-;. The quantitative estimate of drug-likeness (QED) is 0.459. The van der Waals surface area contributed by atoms with Crippen LogP contribution >= 0.6 is 0 Å². The van der Waals surface area contributed by atoms with Crippen LogP contribution in [0.1, 0.15) is 55.8 Å². The van der Waals surface area contributed by atoms with Crippen LogP contribution in [0.5, 0.6) is 0 Å². The zero-order valence-corrected chi connectivity index (χ0v) is 12.7. The van der Waals surface area contributed by atoms with E-state index < -0.39 is 0 Å². The Balaban J connectivity index is 0.00000324. The Kier molecular flexibility index (Phi) is 4.67. The summed E-state index contributed by atoms with van der Waals surface area (Å²) < 4.78 is 0.